The van der Waals surface area contributed by atoms with Gasteiger partial charge in [-0.2, -0.15) is 5.26 Å². The van der Waals surface area contributed by atoms with Crippen LogP contribution in [0.25, 0.3) is 0 Å². The van der Waals surface area contributed by atoms with Crippen LogP contribution >= 0.6 is 0 Å². The minimum Gasteiger partial charge on any atom is -0.397 e. The van der Waals surface area contributed by atoms with Gasteiger partial charge in [0, 0.05) is 12.1 Å². The van der Waals surface area contributed by atoms with E-state index in [9.17, 15) is 0 Å². The fraction of sp³-hybridized carbons (Fsp3) is 0.462. The fourth-order valence-electron chi connectivity index (χ4n) is 2.42. The first-order chi connectivity index (χ1) is 7.54. The normalized spacial score (nSPS) is 18.4. The number of nitrogen functional groups attached to an aromatic ring is 1. The Balaban J connectivity index is 2.38. The largest absolute Gasteiger partial charge is 0.397 e. The molecule has 0 bridgehead atoms. The van der Waals surface area contributed by atoms with Crippen molar-refractivity contribution in [3.05, 3.63) is 23.8 Å². The molecule has 0 atom stereocenters. The van der Waals surface area contributed by atoms with Gasteiger partial charge in [0.25, 0.3) is 0 Å². The average Bonchev–Trinajstić information content (AvgIpc) is 2.58. The van der Waals surface area contributed by atoms with E-state index in [1.807, 2.05) is 12.1 Å². The third kappa shape index (κ3) is 1.71. The second-order valence-corrected chi connectivity index (χ2v) is 4.95. The topological polar surface area (TPSA) is 53.0 Å². The SMILES string of the molecule is CC1(C)CCCN1c1ccc(C#N)cc1N. The lowest BCUT2D eigenvalue weighted by atomic mass is 10.0. The van der Waals surface area contributed by atoms with Crippen molar-refractivity contribution in [3.63, 3.8) is 0 Å². The summed E-state index contributed by atoms with van der Waals surface area (Å²) < 4.78 is 0. The molecule has 16 heavy (non-hydrogen) atoms. The van der Waals surface area contributed by atoms with Crippen LogP contribution in [-0.4, -0.2) is 12.1 Å². The quantitative estimate of drug-likeness (QED) is 0.732. The number of benzene rings is 1. The van der Waals surface area contributed by atoms with Gasteiger partial charge in [0.15, 0.2) is 0 Å². The van der Waals surface area contributed by atoms with E-state index in [4.69, 9.17) is 11.0 Å². The number of hydrogen-bond donors (Lipinski definition) is 1. The van der Waals surface area contributed by atoms with E-state index in [0.717, 1.165) is 12.2 Å². The van der Waals surface area contributed by atoms with Crippen molar-refractivity contribution in [1.82, 2.24) is 0 Å². The highest BCUT2D eigenvalue weighted by molar-refractivity contribution is 5.70. The minimum atomic E-state index is 0.169. The minimum absolute atomic E-state index is 0.169. The van der Waals surface area contributed by atoms with Gasteiger partial charge < -0.3 is 10.6 Å². The molecule has 1 saturated heterocycles. The van der Waals surface area contributed by atoms with E-state index in [0.29, 0.717) is 11.3 Å². The number of rotatable bonds is 1. The Morgan fingerprint density at radius 3 is 2.69 bits per heavy atom. The van der Waals surface area contributed by atoms with Crippen LogP contribution in [0.15, 0.2) is 18.2 Å². The van der Waals surface area contributed by atoms with E-state index in [-0.39, 0.29) is 5.54 Å². The number of nitriles is 1. The molecule has 0 spiro atoms. The van der Waals surface area contributed by atoms with Crippen LogP contribution in [0.3, 0.4) is 0 Å². The van der Waals surface area contributed by atoms with Crippen molar-refractivity contribution in [2.75, 3.05) is 17.2 Å². The molecule has 1 aliphatic rings. The van der Waals surface area contributed by atoms with E-state index in [1.54, 1.807) is 6.07 Å². The molecule has 0 amide bonds. The molecule has 3 heteroatoms. The van der Waals surface area contributed by atoms with Crippen molar-refractivity contribution in [1.29, 1.82) is 5.26 Å². The van der Waals surface area contributed by atoms with Crippen LogP contribution in [0.5, 0.6) is 0 Å². The first kappa shape index (κ1) is 10.8. The van der Waals surface area contributed by atoms with Crippen LogP contribution < -0.4 is 10.6 Å². The molecular formula is C13H17N3. The Morgan fingerprint density at radius 2 is 2.19 bits per heavy atom. The molecule has 84 valence electrons. The standard InChI is InChI=1S/C13H17N3/c1-13(2)6-3-7-16(13)12-5-4-10(9-14)8-11(12)15/h4-5,8H,3,6-7,15H2,1-2H3. The van der Waals surface area contributed by atoms with E-state index >= 15 is 0 Å². The molecule has 1 aromatic rings. The third-order valence-electron chi connectivity index (χ3n) is 3.35. The van der Waals surface area contributed by atoms with Crippen LogP contribution in [0.1, 0.15) is 32.3 Å². The molecular weight excluding hydrogens is 198 g/mol. The van der Waals surface area contributed by atoms with Gasteiger partial charge in [0.2, 0.25) is 0 Å². The summed E-state index contributed by atoms with van der Waals surface area (Å²) in [5, 5.41) is 8.80. The van der Waals surface area contributed by atoms with Crippen molar-refractivity contribution in [3.8, 4) is 6.07 Å². The zero-order valence-electron chi connectivity index (χ0n) is 9.83. The highest BCUT2D eigenvalue weighted by atomic mass is 15.2. The lowest BCUT2D eigenvalue weighted by molar-refractivity contribution is 0.518. The van der Waals surface area contributed by atoms with Crippen LogP contribution in [0, 0.1) is 11.3 Å². The van der Waals surface area contributed by atoms with Gasteiger partial charge in [-0.1, -0.05) is 0 Å². The maximum Gasteiger partial charge on any atom is 0.0992 e. The maximum atomic E-state index is 8.80. The van der Waals surface area contributed by atoms with Gasteiger partial charge in [-0.3, -0.25) is 0 Å². The van der Waals surface area contributed by atoms with Crippen LogP contribution in [-0.2, 0) is 0 Å². The Morgan fingerprint density at radius 1 is 1.44 bits per heavy atom. The third-order valence-corrected chi connectivity index (χ3v) is 3.35. The lowest BCUT2D eigenvalue weighted by Gasteiger charge is -2.34. The molecule has 3 nitrogen and oxygen atoms in total. The molecule has 1 aliphatic heterocycles. The summed E-state index contributed by atoms with van der Waals surface area (Å²) in [6.07, 6.45) is 2.39. The summed E-state index contributed by atoms with van der Waals surface area (Å²) in [4.78, 5) is 2.34. The summed E-state index contributed by atoms with van der Waals surface area (Å²) >= 11 is 0. The zero-order valence-corrected chi connectivity index (χ0v) is 9.83. The highest BCUT2D eigenvalue weighted by Crippen LogP contribution is 2.36. The van der Waals surface area contributed by atoms with Crippen LogP contribution in [0.4, 0.5) is 11.4 Å². The zero-order chi connectivity index (χ0) is 11.8. The van der Waals surface area contributed by atoms with Gasteiger partial charge in [0.05, 0.1) is 23.0 Å². The number of hydrogen-bond acceptors (Lipinski definition) is 3. The molecule has 2 N–H and O–H groups in total. The van der Waals surface area contributed by atoms with Crippen molar-refractivity contribution >= 4 is 11.4 Å². The predicted octanol–water partition coefficient (Wildman–Crippen LogP) is 2.52. The maximum absolute atomic E-state index is 8.80. The second kappa shape index (κ2) is 3.71. The summed E-state index contributed by atoms with van der Waals surface area (Å²) in [5.41, 5.74) is 8.56. The smallest absolute Gasteiger partial charge is 0.0992 e. The number of nitrogens with two attached hydrogens (primary N) is 1. The van der Waals surface area contributed by atoms with E-state index in [2.05, 4.69) is 24.8 Å². The first-order valence-electron chi connectivity index (χ1n) is 5.62. The molecule has 1 aromatic carbocycles. The molecule has 1 fully saturated rings. The van der Waals surface area contributed by atoms with Gasteiger partial charge in [-0.05, 0) is 44.9 Å². The summed E-state index contributed by atoms with van der Waals surface area (Å²) in [6.45, 7) is 5.51. The Bertz CT molecular complexity index is 443. The molecule has 0 aliphatic carbocycles. The predicted molar refractivity (Wildman–Crippen MR) is 66.2 cm³/mol. The lowest BCUT2D eigenvalue weighted by Crippen LogP contribution is -2.38. The molecule has 0 saturated carbocycles. The Hall–Kier alpha value is -1.69. The van der Waals surface area contributed by atoms with Crippen molar-refractivity contribution in [2.45, 2.75) is 32.2 Å². The van der Waals surface area contributed by atoms with Crippen LogP contribution in [0.2, 0.25) is 0 Å². The highest BCUT2D eigenvalue weighted by Gasteiger charge is 2.32. The van der Waals surface area contributed by atoms with Crippen molar-refractivity contribution in [2.24, 2.45) is 0 Å². The van der Waals surface area contributed by atoms with Crippen molar-refractivity contribution < 1.29 is 0 Å². The summed E-state index contributed by atoms with van der Waals surface area (Å²) in [7, 11) is 0. The van der Waals surface area contributed by atoms with Gasteiger partial charge in [-0.15, -0.1) is 0 Å². The Labute approximate surface area is 96.5 Å². The molecule has 2 rings (SSSR count). The Kier molecular flexibility index (Phi) is 2.51. The van der Waals surface area contributed by atoms with Gasteiger partial charge >= 0.3 is 0 Å². The average molecular weight is 215 g/mol. The summed E-state index contributed by atoms with van der Waals surface area (Å²) in [6, 6.07) is 7.65. The number of nitrogens with zero attached hydrogens (tertiary/aromatic N) is 2. The monoisotopic (exact) mass is 215 g/mol. The second-order valence-electron chi connectivity index (χ2n) is 4.95. The molecule has 0 unspecified atom stereocenters. The fourth-order valence-corrected chi connectivity index (χ4v) is 2.42. The van der Waals surface area contributed by atoms with Gasteiger partial charge in [-0.25, -0.2) is 0 Å². The first-order valence-corrected chi connectivity index (χ1v) is 5.62. The van der Waals surface area contributed by atoms with Gasteiger partial charge in [0.1, 0.15) is 0 Å². The molecule has 0 aromatic heterocycles. The molecule has 1 heterocycles. The van der Waals surface area contributed by atoms with E-state index < -0.39 is 0 Å². The molecule has 0 radical (unpaired) electrons. The summed E-state index contributed by atoms with van der Waals surface area (Å²) in [5.74, 6) is 0. The van der Waals surface area contributed by atoms with E-state index in [1.165, 1.54) is 12.8 Å². The number of anilines is 2.